The fourth-order valence-corrected chi connectivity index (χ4v) is 5.97. The van der Waals surface area contributed by atoms with Crippen molar-refractivity contribution in [2.45, 2.75) is 75.3 Å². The number of hydrogen-bond donors (Lipinski definition) is 1. The molecule has 1 N–H and O–H groups in total. The molecule has 1 amide bonds. The lowest BCUT2D eigenvalue weighted by atomic mass is 9.49. The molecule has 4 nitrogen and oxygen atoms in total. The molecule has 0 aliphatic heterocycles. The van der Waals surface area contributed by atoms with Crippen LogP contribution in [-0.4, -0.2) is 28.9 Å². The Labute approximate surface area is 136 Å². The van der Waals surface area contributed by atoms with Gasteiger partial charge in [0, 0.05) is 10.9 Å². The summed E-state index contributed by atoms with van der Waals surface area (Å²) in [6.07, 6.45) is 7.18. The molecule has 5 aliphatic rings. The van der Waals surface area contributed by atoms with E-state index < -0.39 is 11.5 Å². The highest BCUT2D eigenvalue weighted by atomic mass is 35.5. The monoisotopic (exact) mass is 325 g/mol. The highest BCUT2D eigenvalue weighted by Crippen LogP contribution is 2.64. The van der Waals surface area contributed by atoms with Crippen LogP contribution in [-0.2, 0) is 14.3 Å². The van der Waals surface area contributed by atoms with Crippen LogP contribution in [0.1, 0.15) is 58.3 Å². The van der Waals surface area contributed by atoms with E-state index in [-0.39, 0.29) is 16.8 Å². The third-order valence-electron chi connectivity index (χ3n) is 6.00. The van der Waals surface area contributed by atoms with E-state index in [1.807, 2.05) is 0 Å². The molecule has 0 aromatic carbocycles. The summed E-state index contributed by atoms with van der Waals surface area (Å²) < 4.78 is 5.56. The molecule has 0 aromatic rings. The molecule has 0 heterocycles. The molecule has 5 heteroatoms. The lowest BCUT2D eigenvalue weighted by molar-refractivity contribution is -0.177. The Morgan fingerprint density at radius 2 is 1.82 bits per heavy atom. The molecular formula is C17H24ClNO3. The van der Waals surface area contributed by atoms with Crippen LogP contribution in [0.2, 0.25) is 0 Å². The first-order valence-corrected chi connectivity index (χ1v) is 8.96. The van der Waals surface area contributed by atoms with Gasteiger partial charge in [0.05, 0.1) is 5.41 Å². The van der Waals surface area contributed by atoms with E-state index in [1.165, 1.54) is 6.42 Å². The van der Waals surface area contributed by atoms with Gasteiger partial charge in [0.1, 0.15) is 0 Å². The Hall–Kier alpha value is -0.770. The number of amides is 1. The Balaban J connectivity index is 1.44. The van der Waals surface area contributed by atoms with Gasteiger partial charge in [-0.1, -0.05) is 0 Å². The lowest BCUT2D eigenvalue weighted by Gasteiger charge is -2.58. The Morgan fingerprint density at radius 3 is 2.36 bits per heavy atom. The lowest BCUT2D eigenvalue weighted by Crippen LogP contribution is -2.57. The number of alkyl halides is 1. The predicted molar refractivity (Wildman–Crippen MR) is 82.4 cm³/mol. The van der Waals surface area contributed by atoms with E-state index in [9.17, 15) is 9.59 Å². The second-order valence-electron chi connectivity index (χ2n) is 8.22. The van der Waals surface area contributed by atoms with Gasteiger partial charge in [-0.25, -0.2) is 0 Å². The summed E-state index contributed by atoms with van der Waals surface area (Å²) in [6, 6.07) is 0.291. The number of halogens is 1. The van der Waals surface area contributed by atoms with Crippen molar-refractivity contribution in [3.8, 4) is 0 Å². The number of esters is 1. The fraction of sp³-hybridized carbons (Fsp3) is 0.882. The van der Waals surface area contributed by atoms with Gasteiger partial charge in [-0.05, 0) is 70.1 Å². The van der Waals surface area contributed by atoms with Gasteiger partial charge in [-0.3, -0.25) is 9.59 Å². The van der Waals surface area contributed by atoms with Crippen LogP contribution >= 0.6 is 11.6 Å². The topological polar surface area (TPSA) is 55.4 Å². The largest absolute Gasteiger partial charge is 0.452 e. The molecular weight excluding hydrogens is 302 g/mol. The molecule has 0 radical (unpaired) electrons. The zero-order chi connectivity index (χ0) is 15.5. The SMILES string of the molecule is C[C@H](OC(=O)C12C[C@@H]3C[C@@H](CC(Cl)(C3)C1)C2)C(=O)NC1CC1. The summed E-state index contributed by atoms with van der Waals surface area (Å²) in [5.41, 5.74) is -0.431. The maximum absolute atomic E-state index is 12.8. The first kappa shape index (κ1) is 14.8. The van der Waals surface area contributed by atoms with Crippen molar-refractivity contribution < 1.29 is 14.3 Å². The van der Waals surface area contributed by atoms with Crippen LogP contribution in [0.4, 0.5) is 0 Å². The van der Waals surface area contributed by atoms with E-state index in [2.05, 4.69) is 5.32 Å². The molecule has 0 spiro atoms. The zero-order valence-corrected chi connectivity index (χ0v) is 13.8. The van der Waals surface area contributed by atoms with Crippen molar-refractivity contribution in [3.05, 3.63) is 0 Å². The van der Waals surface area contributed by atoms with E-state index >= 15 is 0 Å². The molecule has 2 unspecified atom stereocenters. The minimum absolute atomic E-state index is 0.166. The fourth-order valence-electron chi connectivity index (χ4n) is 5.27. The standard InChI is InChI=1S/C17H24ClNO3/c1-10(14(20)19-13-2-3-13)22-15(21)16-5-11-4-12(6-16)8-17(18,7-11)9-16/h10-13H,2-9H2,1H3,(H,19,20)/t10-,11-,12+,16?,17?/m0/s1. The van der Waals surface area contributed by atoms with Gasteiger partial charge >= 0.3 is 5.97 Å². The molecule has 5 aliphatic carbocycles. The second-order valence-corrected chi connectivity index (χ2v) is 9.02. The van der Waals surface area contributed by atoms with E-state index in [4.69, 9.17) is 16.3 Å². The number of ether oxygens (including phenoxy) is 1. The van der Waals surface area contributed by atoms with Crippen molar-refractivity contribution >= 4 is 23.5 Å². The molecule has 4 bridgehead atoms. The van der Waals surface area contributed by atoms with E-state index in [0.29, 0.717) is 17.9 Å². The second kappa shape index (κ2) is 4.86. The highest BCUT2D eigenvalue weighted by molar-refractivity contribution is 6.24. The van der Waals surface area contributed by atoms with Crippen LogP contribution in [0.25, 0.3) is 0 Å². The van der Waals surface area contributed by atoms with E-state index in [0.717, 1.165) is 44.9 Å². The molecule has 5 fully saturated rings. The Bertz CT molecular complexity index is 502. The molecule has 5 atom stereocenters. The van der Waals surface area contributed by atoms with Gasteiger partial charge in [-0.2, -0.15) is 0 Å². The number of rotatable bonds is 4. The van der Waals surface area contributed by atoms with Crippen LogP contribution in [0, 0.1) is 17.3 Å². The van der Waals surface area contributed by atoms with Crippen LogP contribution < -0.4 is 5.32 Å². The average molecular weight is 326 g/mol. The quantitative estimate of drug-likeness (QED) is 0.638. The first-order chi connectivity index (χ1) is 10.4. The molecule has 5 rings (SSSR count). The zero-order valence-electron chi connectivity index (χ0n) is 13.1. The minimum atomic E-state index is -0.701. The van der Waals surface area contributed by atoms with Crippen molar-refractivity contribution in [2.75, 3.05) is 0 Å². The number of nitrogens with one attached hydrogen (secondary N) is 1. The van der Waals surface area contributed by atoms with Gasteiger partial charge in [0.25, 0.3) is 5.91 Å². The average Bonchev–Trinajstić information content (AvgIpc) is 3.19. The van der Waals surface area contributed by atoms with Gasteiger partial charge in [0.2, 0.25) is 0 Å². The van der Waals surface area contributed by atoms with Crippen LogP contribution in [0.5, 0.6) is 0 Å². The summed E-state index contributed by atoms with van der Waals surface area (Å²) >= 11 is 6.75. The summed E-state index contributed by atoms with van der Waals surface area (Å²) in [5.74, 6) is 0.759. The normalized spacial score (nSPS) is 43.7. The molecule has 5 saturated carbocycles. The Morgan fingerprint density at radius 1 is 1.18 bits per heavy atom. The molecule has 0 saturated heterocycles. The van der Waals surface area contributed by atoms with Gasteiger partial charge < -0.3 is 10.1 Å². The summed E-state index contributed by atoms with van der Waals surface area (Å²) in [4.78, 5) is 24.6. The van der Waals surface area contributed by atoms with Crippen molar-refractivity contribution in [2.24, 2.45) is 17.3 Å². The van der Waals surface area contributed by atoms with Crippen molar-refractivity contribution in [1.29, 1.82) is 0 Å². The highest BCUT2D eigenvalue weighted by Gasteiger charge is 2.61. The maximum atomic E-state index is 12.8. The Kier molecular flexibility index (Phi) is 3.27. The van der Waals surface area contributed by atoms with Crippen LogP contribution in [0.3, 0.4) is 0 Å². The number of carbonyl (C=O) groups is 2. The van der Waals surface area contributed by atoms with Gasteiger partial charge in [-0.15, -0.1) is 11.6 Å². The molecule has 0 aromatic heterocycles. The van der Waals surface area contributed by atoms with Crippen LogP contribution in [0.15, 0.2) is 0 Å². The third-order valence-corrected chi connectivity index (χ3v) is 6.44. The molecule has 22 heavy (non-hydrogen) atoms. The van der Waals surface area contributed by atoms with Crippen molar-refractivity contribution in [1.82, 2.24) is 5.32 Å². The smallest absolute Gasteiger partial charge is 0.312 e. The minimum Gasteiger partial charge on any atom is -0.452 e. The maximum Gasteiger partial charge on any atom is 0.312 e. The third kappa shape index (κ3) is 2.53. The van der Waals surface area contributed by atoms with E-state index in [1.54, 1.807) is 6.92 Å². The van der Waals surface area contributed by atoms with Crippen molar-refractivity contribution in [3.63, 3.8) is 0 Å². The molecule has 122 valence electrons. The predicted octanol–water partition coefficient (Wildman–Crippen LogP) is 2.77. The summed E-state index contributed by atoms with van der Waals surface area (Å²) in [7, 11) is 0. The summed E-state index contributed by atoms with van der Waals surface area (Å²) in [5, 5.41) is 2.90. The number of carbonyl (C=O) groups excluding carboxylic acids is 2. The number of hydrogen-bond acceptors (Lipinski definition) is 3. The summed E-state index contributed by atoms with van der Waals surface area (Å²) in [6.45, 7) is 1.67. The van der Waals surface area contributed by atoms with Gasteiger partial charge in [0.15, 0.2) is 6.10 Å². The first-order valence-electron chi connectivity index (χ1n) is 8.58.